The number of benzene rings is 1. The van der Waals surface area contributed by atoms with Crippen LogP contribution in [-0.4, -0.2) is 23.8 Å². The molecule has 0 aliphatic heterocycles. The zero-order chi connectivity index (χ0) is 15.2. The molecule has 112 valence electrons. The van der Waals surface area contributed by atoms with Gasteiger partial charge in [0.1, 0.15) is 5.76 Å². The van der Waals surface area contributed by atoms with Crippen LogP contribution < -0.4 is 0 Å². The quantitative estimate of drug-likeness (QED) is 0.579. The number of rotatable bonds is 7. The number of carbonyl (C=O) groups excluding carboxylic acids is 1. The summed E-state index contributed by atoms with van der Waals surface area (Å²) < 4.78 is 15.9. The van der Waals surface area contributed by atoms with Gasteiger partial charge in [-0.25, -0.2) is 0 Å². The topological polar surface area (TPSA) is 61.6 Å². The molecule has 0 amide bonds. The summed E-state index contributed by atoms with van der Waals surface area (Å²) in [5, 5.41) is 3.77. The van der Waals surface area contributed by atoms with Gasteiger partial charge in [-0.2, -0.15) is 0 Å². The third kappa shape index (κ3) is 4.00. The molecule has 1 aromatic carbocycles. The zero-order valence-electron chi connectivity index (χ0n) is 12.5. The number of hydrogen-bond donors (Lipinski definition) is 0. The fourth-order valence-corrected chi connectivity index (χ4v) is 1.97. The van der Waals surface area contributed by atoms with Gasteiger partial charge in [-0.05, 0) is 26.3 Å². The molecule has 2 aromatic rings. The van der Waals surface area contributed by atoms with Crippen molar-refractivity contribution in [2.75, 3.05) is 6.61 Å². The number of hydrogen-bond acceptors (Lipinski definition) is 5. The molecule has 0 N–H and O–H groups in total. The van der Waals surface area contributed by atoms with Crippen LogP contribution in [0.15, 0.2) is 34.9 Å². The van der Waals surface area contributed by atoms with Crippen molar-refractivity contribution in [3.8, 4) is 0 Å². The van der Waals surface area contributed by atoms with E-state index in [2.05, 4.69) is 5.16 Å². The van der Waals surface area contributed by atoms with E-state index >= 15 is 0 Å². The third-order valence-electron chi connectivity index (χ3n) is 3.00. The molecule has 0 spiro atoms. The summed E-state index contributed by atoms with van der Waals surface area (Å²) in [5.74, 6) is 0.437. The van der Waals surface area contributed by atoms with Crippen LogP contribution in [0.2, 0.25) is 0 Å². The summed E-state index contributed by atoms with van der Waals surface area (Å²) in [6.07, 6.45) is -0.313. The first-order valence-electron chi connectivity index (χ1n) is 6.91. The van der Waals surface area contributed by atoms with Crippen molar-refractivity contribution in [3.05, 3.63) is 52.9 Å². The Morgan fingerprint density at radius 2 is 2.10 bits per heavy atom. The van der Waals surface area contributed by atoms with Gasteiger partial charge in [0.15, 0.2) is 12.0 Å². The number of nitrogens with zero attached hydrogens (tertiary/aromatic N) is 1. The second-order valence-electron chi connectivity index (χ2n) is 4.64. The second kappa shape index (κ2) is 7.15. The van der Waals surface area contributed by atoms with Crippen molar-refractivity contribution in [2.24, 2.45) is 0 Å². The van der Waals surface area contributed by atoms with Crippen LogP contribution in [0, 0.1) is 6.92 Å². The first-order chi connectivity index (χ1) is 10.1. The van der Waals surface area contributed by atoms with Crippen molar-refractivity contribution < 1.29 is 18.8 Å². The van der Waals surface area contributed by atoms with Crippen LogP contribution in [-0.2, 0) is 16.1 Å². The van der Waals surface area contributed by atoms with E-state index in [4.69, 9.17) is 14.0 Å². The van der Waals surface area contributed by atoms with Crippen LogP contribution in [0.25, 0.3) is 0 Å². The number of aromatic nitrogens is 1. The lowest BCUT2D eigenvalue weighted by Gasteiger charge is -2.14. The average molecular weight is 289 g/mol. The molecule has 0 radical (unpaired) electrons. The van der Waals surface area contributed by atoms with Gasteiger partial charge in [0.05, 0.1) is 6.61 Å². The smallest absolute Gasteiger partial charge is 0.215 e. The Balaban J connectivity index is 2.15. The number of carbonyl (C=O) groups is 1. The van der Waals surface area contributed by atoms with E-state index < -0.39 is 0 Å². The molecule has 0 aliphatic carbocycles. The van der Waals surface area contributed by atoms with E-state index in [9.17, 15) is 4.79 Å². The summed E-state index contributed by atoms with van der Waals surface area (Å²) in [4.78, 5) is 12.4. The minimum Gasteiger partial charge on any atom is -0.361 e. The molecular weight excluding hydrogens is 270 g/mol. The highest BCUT2D eigenvalue weighted by Gasteiger charge is 2.17. The summed E-state index contributed by atoms with van der Waals surface area (Å²) >= 11 is 0. The normalized spacial score (nSPS) is 12.3. The third-order valence-corrected chi connectivity index (χ3v) is 3.00. The Morgan fingerprint density at radius 3 is 2.76 bits per heavy atom. The minimum absolute atomic E-state index is 0.171. The average Bonchev–Trinajstić information content (AvgIpc) is 2.91. The van der Waals surface area contributed by atoms with Crippen molar-refractivity contribution in [2.45, 2.75) is 33.7 Å². The molecule has 2 rings (SSSR count). The van der Waals surface area contributed by atoms with E-state index in [1.165, 1.54) is 0 Å². The van der Waals surface area contributed by atoms with Crippen LogP contribution in [0.1, 0.15) is 41.2 Å². The number of aryl methyl sites for hydroxylation is 1. The van der Waals surface area contributed by atoms with Crippen molar-refractivity contribution in [3.63, 3.8) is 0 Å². The maximum atomic E-state index is 12.4. The van der Waals surface area contributed by atoms with Crippen molar-refractivity contribution in [1.82, 2.24) is 5.16 Å². The standard InChI is InChI=1S/C16H19NO4/c1-4-19-12(3)20-10-13-7-5-6-8-14(13)16(18)15-9-11(2)21-17-15/h5-9,12H,4,10H2,1-3H3. The van der Waals surface area contributed by atoms with Crippen molar-refractivity contribution >= 4 is 5.78 Å². The lowest BCUT2D eigenvalue weighted by molar-refractivity contribution is -0.134. The molecule has 5 heteroatoms. The summed E-state index contributed by atoms with van der Waals surface area (Å²) in [6.45, 7) is 6.38. The molecule has 1 heterocycles. The van der Waals surface area contributed by atoms with Gasteiger partial charge in [-0.15, -0.1) is 0 Å². The number of ether oxygens (including phenoxy) is 2. The first-order valence-corrected chi connectivity index (χ1v) is 6.91. The van der Waals surface area contributed by atoms with Gasteiger partial charge >= 0.3 is 0 Å². The predicted molar refractivity (Wildman–Crippen MR) is 77.0 cm³/mol. The van der Waals surface area contributed by atoms with Gasteiger partial charge in [0.25, 0.3) is 0 Å². The zero-order valence-corrected chi connectivity index (χ0v) is 12.5. The van der Waals surface area contributed by atoms with Crippen LogP contribution in [0.5, 0.6) is 0 Å². The van der Waals surface area contributed by atoms with E-state index in [0.717, 1.165) is 5.56 Å². The van der Waals surface area contributed by atoms with Gasteiger partial charge in [0, 0.05) is 18.2 Å². The van der Waals surface area contributed by atoms with Crippen LogP contribution in [0.4, 0.5) is 0 Å². The highest BCUT2D eigenvalue weighted by Crippen LogP contribution is 2.16. The Kier molecular flexibility index (Phi) is 5.25. The lowest BCUT2D eigenvalue weighted by atomic mass is 10.0. The van der Waals surface area contributed by atoms with E-state index in [1.54, 1.807) is 19.1 Å². The molecule has 21 heavy (non-hydrogen) atoms. The molecule has 1 aromatic heterocycles. The van der Waals surface area contributed by atoms with E-state index in [1.807, 2.05) is 32.0 Å². The molecule has 1 atom stereocenters. The van der Waals surface area contributed by atoms with E-state index in [-0.39, 0.29) is 12.1 Å². The lowest BCUT2D eigenvalue weighted by Crippen LogP contribution is -2.14. The molecular formula is C16H19NO4. The second-order valence-corrected chi connectivity index (χ2v) is 4.64. The summed E-state index contributed by atoms with van der Waals surface area (Å²) in [6, 6.07) is 8.93. The largest absolute Gasteiger partial charge is 0.361 e. The summed E-state index contributed by atoms with van der Waals surface area (Å²) in [7, 11) is 0. The van der Waals surface area contributed by atoms with Crippen LogP contribution in [0.3, 0.4) is 0 Å². The monoisotopic (exact) mass is 289 g/mol. The Labute approximate surface area is 123 Å². The fourth-order valence-electron chi connectivity index (χ4n) is 1.97. The predicted octanol–water partition coefficient (Wildman–Crippen LogP) is 3.11. The Hall–Kier alpha value is -1.98. The number of ketones is 1. The van der Waals surface area contributed by atoms with E-state index in [0.29, 0.717) is 30.2 Å². The van der Waals surface area contributed by atoms with Crippen LogP contribution >= 0.6 is 0 Å². The Morgan fingerprint density at radius 1 is 1.33 bits per heavy atom. The maximum absolute atomic E-state index is 12.4. The maximum Gasteiger partial charge on any atom is 0.215 e. The molecule has 0 aliphatic rings. The first kappa shape index (κ1) is 15.4. The van der Waals surface area contributed by atoms with Gasteiger partial charge < -0.3 is 14.0 Å². The molecule has 1 unspecified atom stereocenters. The molecule has 0 fully saturated rings. The summed E-state index contributed by atoms with van der Waals surface area (Å²) in [5.41, 5.74) is 1.67. The highest BCUT2D eigenvalue weighted by atomic mass is 16.7. The SMILES string of the molecule is CCOC(C)OCc1ccccc1C(=O)c1cc(C)on1. The molecule has 0 bridgehead atoms. The fraction of sp³-hybridized carbons (Fsp3) is 0.375. The molecule has 0 saturated heterocycles. The van der Waals surface area contributed by atoms with Gasteiger partial charge in [-0.3, -0.25) is 4.79 Å². The molecule has 5 nitrogen and oxygen atoms in total. The van der Waals surface area contributed by atoms with Crippen molar-refractivity contribution in [1.29, 1.82) is 0 Å². The minimum atomic E-state index is -0.313. The Bertz CT molecular complexity index is 606. The van der Waals surface area contributed by atoms with Gasteiger partial charge in [0.2, 0.25) is 5.78 Å². The highest BCUT2D eigenvalue weighted by molar-refractivity contribution is 6.08. The molecule has 0 saturated carbocycles. The van der Waals surface area contributed by atoms with Gasteiger partial charge in [-0.1, -0.05) is 29.4 Å².